The molecule has 10 heteroatoms. The predicted molar refractivity (Wildman–Crippen MR) is 150 cm³/mol. The Kier molecular flexibility index (Phi) is 8.91. The van der Waals surface area contributed by atoms with Gasteiger partial charge in [-0.1, -0.05) is 78.9 Å². The van der Waals surface area contributed by atoms with Crippen molar-refractivity contribution in [3.05, 3.63) is 107 Å². The quantitative estimate of drug-likeness (QED) is 0.408. The number of nitrogens with zero attached hydrogens (tertiary/aromatic N) is 4. The van der Waals surface area contributed by atoms with Gasteiger partial charge >= 0.3 is 6.03 Å². The first kappa shape index (κ1) is 28.3. The van der Waals surface area contributed by atoms with Crippen LogP contribution in [0.2, 0.25) is 0 Å². The summed E-state index contributed by atoms with van der Waals surface area (Å²) in [5.41, 5.74) is 2.29. The summed E-state index contributed by atoms with van der Waals surface area (Å²) in [7, 11) is 1.70. The number of ether oxygens (including phenoxy) is 1. The van der Waals surface area contributed by atoms with Gasteiger partial charge in [0.05, 0.1) is 26.3 Å². The van der Waals surface area contributed by atoms with Gasteiger partial charge in [-0.15, -0.1) is 0 Å². The summed E-state index contributed by atoms with van der Waals surface area (Å²) in [5.74, 6) is -0.766. The third kappa shape index (κ3) is 6.55. The maximum absolute atomic E-state index is 14.0. The standard InChI is InChI=1S/C31H34FN5O4/c1-34-21-29(38)36-27(18-23-10-4-2-5-11-23)30(39)35(16-17-41-22-25-14-8-9-15-26(25)32)20-28(36)37(34)31(40)33-19-24-12-6-3-7-13-24/h2-15,27-28H,16-22H2,1H3,(H,33,40)/t27-,28-/m0/s1. The molecule has 9 nitrogen and oxygen atoms in total. The fourth-order valence-electron chi connectivity index (χ4n) is 5.37. The summed E-state index contributed by atoms with van der Waals surface area (Å²) >= 11 is 0. The van der Waals surface area contributed by atoms with Gasteiger partial charge in [-0.05, 0) is 17.2 Å². The van der Waals surface area contributed by atoms with Crippen molar-refractivity contribution in [3.63, 3.8) is 0 Å². The highest BCUT2D eigenvalue weighted by Gasteiger charge is 2.50. The van der Waals surface area contributed by atoms with Crippen molar-refractivity contribution in [3.8, 4) is 0 Å². The van der Waals surface area contributed by atoms with E-state index in [1.54, 1.807) is 40.1 Å². The van der Waals surface area contributed by atoms with Crippen molar-refractivity contribution >= 4 is 17.8 Å². The van der Waals surface area contributed by atoms with E-state index >= 15 is 0 Å². The van der Waals surface area contributed by atoms with Crippen LogP contribution >= 0.6 is 0 Å². The number of hydrogen-bond donors (Lipinski definition) is 1. The van der Waals surface area contributed by atoms with Crippen molar-refractivity contribution in [2.75, 3.05) is 33.3 Å². The molecule has 3 aromatic carbocycles. The molecule has 0 aromatic heterocycles. The van der Waals surface area contributed by atoms with E-state index in [-0.39, 0.29) is 56.5 Å². The molecule has 0 bridgehead atoms. The highest BCUT2D eigenvalue weighted by Crippen LogP contribution is 2.27. The van der Waals surface area contributed by atoms with Crippen molar-refractivity contribution < 1.29 is 23.5 Å². The fraction of sp³-hybridized carbons (Fsp3) is 0.323. The zero-order chi connectivity index (χ0) is 28.8. The molecule has 214 valence electrons. The maximum Gasteiger partial charge on any atom is 0.334 e. The Bertz CT molecular complexity index is 1360. The second kappa shape index (κ2) is 12.9. The van der Waals surface area contributed by atoms with E-state index in [4.69, 9.17) is 4.74 Å². The number of hydrazine groups is 1. The predicted octanol–water partition coefficient (Wildman–Crippen LogP) is 3.02. The Morgan fingerprint density at radius 2 is 1.61 bits per heavy atom. The summed E-state index contributed by atoms with van der Waals surface area (Å²) in [4.78, 5) is 43.9. The fourth-order valence-corrected chi connectivity index (χ4v) is 5.37. The average Bonchev–Trinajstić information content (AvgIpc) is 2.98. The molecule has 2 heterocycles. The minimum absolute atomic E-state index is 0.0282. The number of fused-ring (bicyclic) bond motifs is 1. The van der Waals surface area contributed by atoms with Crippen molar-refractivity contribution in [2.24, 2.45) is 0 Å². The average molecular weight is 560 g/mol. The lowest BCUT2D eigenvalue weighted by Gasteiger charge is -2.54. The highest BCUT2D eigenvalue weighted by atomic mass is 19.1. The molecule has 41 heavy (non-hydrogen) atoms. The molecule has 5 rings (SSSR count). The third-order valence-electron chi connectivity index (χ3n) is 7.43. The molecular weight excluding hydrogens is 525 g/mol. The largest absolute Gasteiger partial charge is 0.375 e. The van der Waals surface area contributed by atoms with E-state index in [0.29, 0.717) is 18.5 Å². The number of halogens is 1. The van der Waals surface area contributed by atoms with Gasteiger partial charge in [0.25, 0.3) is 0 Å². The molecule has 0 spiro atoms. The molecule has 0 radical (unpaired) electrons. The molecule has 2 aliphatic heterocycles. The topological polar surface area (TPSA) is 85.4 Å². The minimum atomic E-state index is -0.784. The summed E-state index contributed by atoms with van der Waals surface area (Å²) in [5, 5.41) is 6.09. The van der Waals surface area contributed by atoms with Crippen LogP contribution < -0.4 is 5.32 Å². The molecule has 2 atom stereocenters. The molecule has 2 aliphatic rings. The Morgan fingerprint density at radius 1 is 0.951 bits per heavy atom. The lowest BCUT2D eigenvalue weighted by Crippen LogP contribution is -2.76. The van der Waals surface area contributed by atoms with Crippen LogP contribution in [-0.2, 0) is 33.9 Å². The van der Waals surface area contributed by atoms with Crippen LogP contribution in [0.5, 0.6) is 0 Å². The van der Waals surface area contributed by atoms with Crippen LogP contribution in [0.15, 0.2) is 84.9 Å². The van der Waals surface area contributed by atoms with E-state index in [1.165, 1.54) is 11.1 Å². The molecule has 4 amide bonds. The SMILES string of the molecule is CN1CC(=O)N2[C@@H](Cc3ccccc3)C(=O)N(CCOCc3ccccc3F)C[C@@H]2N1C(=O)NCc1ccccc1. The van der Waals surface area contributed by atoms with Gasteiger partial charge in [0, 0.05) is 32.1 Å². The van der Waals surface area contributed by atoms with Gasteiger partial charge < -0.3 is 19.9 Å². The van der Waals surface area contributed by atoms with Crippen LogP contribution in [0.25, 0.3) is 0 Å². The number of amides is 4. The number of carbonyl (C=O) groups is 3. The number of piperazine rings is 1. The molecule has 2 fully saturated rings. The van der Waals surface area contributed by atoms with Crippen LogP contribution in [0.1, 0.15) is 16.7 Å². The second-order valence-electron chi connectivity index (χ2n) is 10.2. The van der Waals surface area contributed by atoms with Crippen LogP contribution in [0, 0.1) is 5.82 Å². The number of hydrogen-bond acceptors (Lipinski definition) is 5. The van der Waals surface area contributed by atoms with E-state index in [0.717, 1.165) is 11.1 Å². The van der Waals surface area contributed by atoms with Crippen LogP contribution in [0.4, 0.5) is 9.18 Å². The monoisotopic (exact) mass is 559 g/mol. The zero-order valence-corrected chi connectivity index (χ0v) is 23.0. The smallest absolute Gasteiger partial charge is 0.334 e. The maximum atomic E-state index is 14.0. The van der Waals surface area contributed by atoms with Gasteiger partial charge in [-0.3, -0.25) is 9.59 Å². The number of urea groups is 1. The Morgan fingerprint density at radius 3 is 2.32 bits per heavy atom. The van der Waals surface area contributed by atoms with E-state index in [2.05, 4.69) is 5.32 Å². The Labute approximate surface area is 239 Å². The van der Waals surface area contributed by atoms with Crippen molar-refractivity contribution in [2.45, 2.75) is 31.8 Å². The zero-order valence-electron chi connectivity index (χ0n) is 23.0. The number of nitrogens with one attached hydrogen (secondary N) is 1. The number of likely N-dealkylation sites (N-methyl/N-ethyl adjacent to an activating group) is 1. The van der Waals surface area contributed by atoms with E-state index in [9.17, 15) is 18.8 Å². The summed E-state index contributed by atoms with van der Waals surface area (Å²) in [6, 6.07) is 24.3. The summed E-state index contributed by atoms with van der Waals surface area (Å²) in [6.45, 7) is 0.911. The molecule has 1 N–H and O–H groups in total. The normalized spacial score (nSPS) is 19.3. The first-order valence-corrected chi connectivity index (χ1v) is 13.7. The molecule has 0 unspecified atom stereocenters. The summed E-state index contributed by atoms with van der Waals surface area (Å²) < 4.78 is 19.7. The van der Waals surface area contributed by atoms with Crippen LogP contribution in [0.3, 0.4) is 0 Å². The highest BCUT2D eigenvalue weighted by molar-refractivity contribution is 5.91. The lowest BCUT2D eigenvalue weighted by molar-refractivity contribution is -0.187. The second-order valence-corrected chi connectivity index (χ2v) is 10.2. The molecule has 0 saturated carbocycles. The van der Waals surface area contributed by atoms with Crippen molar-refractivity contribution in [1.29, 1.82) is 0 Å². The molecular formula is C31H34FN5O4. The first-order chi connectivity index (χ1) is 19.9. The Hall–Kier alpha value is -4.28. The number of rotatable bonds is 9. The number of benzene rings is 3. The van der Waals surface area contributed by atoms with Crippen LogP contribution in [-0.4, -0.2) is 83.2 Å². The van der Waals surface area contributed by atoms with Gasteiger partial charge in [-0.2, -0.15) is 0 Å². The molecule has 3 aromatic rings. The summed E-state index contributed by atoms with van der Waals surface area (Å²) in [6.07, 6.45) is -0.382. The van der Waals surface area contributed by atoms with Gasteiger partial charge in [0.1, 0.15) is 18.0 Å². The first-order valence-electron chi connectivity index (χ1n) is 13.7. The molecule has 0 aliphatic carbocycles. The minimum Gasteiger partial charge on any atom is -0.375 e. The van der Waals surface area contributed by atoms with Gasteiger partial charge in [-0.25, -0.2) is 19.2 Å². The molecule has 2 saturated heterocycles. The third-order valence-corrected chi connectivity index (χ3v) is 7.43. The van der Waals surface area contributed by atoms with Gasteiger partial charge in [0.15, 0.2) is 0 Å². The van der Waals surface area contributed by atoms with E-state index in [1.807, 2.05) is 60.7 Å². The van der Waals surface area contributed by atoms with Gasteiger partial charge in [0.2, 0.25) is 11.8 Å². The Balaban J connectivity index is 1.35. The lowest BCUT2D eigenvalue weighted by atomic mass is 9.99. The van der Waals surface area contributed by atoms with Crippen molar-refractivity contribution in [1.82, 2.24) is 25.1 Å². The number of carbonyl (C=O) groups excluding carboxylic acids is 3. The van der Waals surface area contributed by atoms with E-state index < -0.39 is 12.2 Å².